The molecule has 202 valence electrons. The van der Waals surface area contributed by atoms with E-state index in [0.717, 1.165) is 56.6 Å². The van der Waals surface area contributed by atoms with Crippen molar-refractivity contribution in [1.82, 2.24) is 34.7 Å². The van der Waals surface area contributed by atoms with Crippen LogP contribution in [-0.2, 0) is 12.8 Å². The first-order valence-electron chi connectivity index (χ1n) is 12.8. The van der Waals surface area contributed by atoms with Gasteiger partial charge in [-0.15, -0.1) is 5.10 Å². The minimum absolute atomic E-state index is 0.130. The molecular weight excluding hydrogens is 532 g/mol. The Hall–Kier alpha value is -4.77. The standard InChI is InChI=1S/C28H25ClN8O3/c1-3-22-26(16-4-7-19(8-5-16)35(2)28(39)40)32-27(31-22)24-11-9-20-12-17(13-25(38)37(20)24)21-14-18(29)6-10-23(21)36-15-30-33-34-36/h4-8,10,12-15,24H,3,9,11H2,1-2H3,(H,31,32)(H,39,40). The maximum atomic E-state index is 13.5. The molecule has 1 unspecified atom stereocenters. The molecule has 2 aromatic carbocycles. The highest BCUT2D eigenvalue weighted by Crippen LogP contribution is 2.35. The minimum atomic E-state index is -1.03. The SMILES string of the molecule is CCc1nc(C2CCc3cc(-c4cc(Cl)ccc4-n4cnnn4)cc(=O)n32)[nH]c1-c1ccc(N(C)C(=O)O)cc1. The number of imidazole rings is 1. The summed E-state index contributed by atoms with van der Waals surface area (Å²) in [6.07, 6.45) is 2.61. The van der Waals surface area contributed by atoms with Gasteiger partial charge in [0.2, 0.25) is 0 Å². The van der Waals surface area contributed by atoms with Crippen molar-refractivity contribution in [3.8, 4) is 28.1 Å². The number of fused-ring (bicyclic) bond motifs is 1. The monoisotopic (exact) mass is 556 g/mol. The highest BCUT2D eigenvalue weighted by molar-refractivity contribution is 6.31. The number of H-pyrrole nitrogens is 1. The van der Waals surface area contributed by atoms with Gasteiger partial charge in [-0.05, 0) is 77.2 Å². The van der Waals surface area contributed by atoms with Crippen LogP contribution >= 0.6 is 11.6 Å². The van der Waals surface area contributed by atoms with Crippen molar-refractivity contribution in [2.24, 2.45) is 0 Å². The summed E-state index contributed by atoms with van der Waals surface area (Å²) in [6.45, 7) is 2.03. The van der Waals surface area contributed by atoms with Crippen molar-refractivity contribution in [3.05, 3.63) is 93.5 Å². The van der Waals surface area contributed by atoms with E-state index in [0.29, 0.717) is 23.6 Å². The summed E-state index contributed by atoms with van der Waals surface area (Å²) in [5, 5.41) is 21.3. The van der Waals surface area contributed by atoms with E-state index in [-0.39, 0.29) is 11.6 Å². The summed E-state index contributed by atoms with van der Waals surface area (Å²) < 4.78 is 3.35. The van der Waals surface area contributed by atoms with E-state index >= 15 is 0 Å². The fourth-order valence-electron chi connectivity index (χ4n) is 5.26. The Bertz CT molecular complexity index is 1780. The first kappa shape index (κ1) is 25.5. The Morgan fingerprint density at radius 3 is 2.65 bits per heavy atom. The van der Waals surface area contributed by atoms with Crippen LogP contribution in [0.25, 0.3) is 28.1 Å². The number of carbonyl (C=O) groups is 1. The van der Waals surface area contributed by atoms with Gasteiger partial charge in [0, 0.05) is 35.1 Å². The number of pyridine rings is 1. The summed E-state index contributed by atoms with van der Waals surface area (Å²) in [7, 11) is 1.50. The lowest BCUT2D eigenvalue weighted by atomic mass is 10.0. The number of aromatic nitrogens is 7. The minimum Gasteiger partial charge on any atom is -0.465 e. The van der Waals surface area contributed by atoms with Gasteiger partial charge in [-0.2, -0.15) is 4.68 Å². The molecule has 0 saturated heterocycles. The van der Waals surface area contributed by atoms with E-state index in [2.05, 4.69) is 20.5 Å². The Morgan fingerprint density at radius 1 is 1.15 bits per heavy atom. The molecule has 0 fully saturated rings. The van der Waals surface area contributed by atoms with Crippen molar-refractivity contribution in [3.63, 3.8) is 0 Å². The van der Waals surface area contributed by atoms with Crippen LogP contribution in [-0.4, -0.2) is 53.0 Å². The molecule has 1 atom stereocenters. The van der Waals surface area contributed by atoms with Gasteiger partial charge in [0.05, 0.1) is 23.1 Å². The summed E-state index contributed by atoms with van der Waals surface area (Å²) in [5.41, 5.74) is 6.22. The van der Waals surface area contributed by atoms with Gasteiger partial charge in [-0.1, -0.05) is 30.7 Å². The lowest BCUT2D eigenvalue weighted by Crippen LogP contribution is -2.24. The Labute approximate surface area is 233 Å². The number of nitrogens with one attached hydrogen (secondary N) is 1. The van der Waals surface area contributed by atoms with Gasteiger partial charge in [0.1, 0.15) is 12.2 Å². The number of tetrazole rings is 1. The molecule has 3 aromatic heterocycles. The fraction of sp³-hybridized carbons (Fsp3) is 0.214. The summed E-state index contributed by atoms with van der Waals surface area (Å²) in [5.74, 6) is 0.726. The molecule has 0 spiro atoms. The number of hydrogen-bond acceptors (Lipinski definition) is 6. The number of amides is 1. The number of halogens is 1. The molecular formula is C28H25ClN8O3. The number of aromatic amines is 1. The summed E-state index contributed by atoms with van der Waals surface area (Å²) in [4.78, 5) is 34.4. The molecule has 12 heteroatoms. The molecule has 0 saturated carbocycles. The van der Waals surface area contributed by atoms with E-state index < -0.39 is 6.09 Å². The first-order valence-corrected chi connectivity index (χ1v) is 13.2. The lowest BCUT2D eigenvalue weighted by molar-refractivity contribution is 0.203. The molecule has 11 nitrogen and oxygen atoms in total. The second-order valence-electron chi connectivity index (χ2n) is 9.60. The lowest BCUT2D eigenvalue weighted by Gasteiger charge is -2.15. The van der Waals surface area contributed by atoms with Crippen LogP contribution in [0.3, 0.4) is 0 Å². The second kappa shape index (κ2) is 10.1. The molecule has 2 N–H and O–H groups in total. The maximum Gasteiger partial charge on any atom is 0.411 e. The van der Waals surface area contributed by atoms with E-state index in [9.17, 15) is 14.7 Å². The maximum absolute atomic E-state index is 13.5. The van der Waals surface area contributed by atoms with Gasteiger partial charge >= 0.3 is 6.09 Å². The third kappa shape index (κ3) is 4.43. The zero-order valence-electron chi connectivity index (χ0n) is 21.7. The third-order valence-electron chi connectivity index (χ3n) is 7.28. The Balaban J connectivity index is 1.36. The van der Waals surface area contributed by atoms with E-state index in [1.807, 2.05) is 37.3 Å². The van der Waals surface area contributed by atoms with Crippen LogP contribution in [0.2, 0.25) is 5.02 Å². The highest BCUT2D eigenvalue weighted by Gasteiger charge is 2.29. The van der Waals surface area contributed by atoms with Crippen LogP contribution in [0, 0.1) is 0 Å². The van der Waals surface area contributed by atoms with Crippen LogP contribution in [0.5, 0.6) is 0 Å². The van der Waals surface area contributed by atoms with Crippen LogP contribution < -0.4 is 10.5 Å². The molecule has 1 aliphatic heterocycles. The van der Waals surface area contributed by atoms with Crippen molar-refractivity contribution in [2.75, 3.05) is 11.9 Å². The summed E-state index contributed by atoms with van der Waals surface area (Å²) in [6, 6.07) is 16.1. The molecule has 5 aromatic rings. The Kier molecular flexibility index (Phi) is 6.43. The smallest absolute Gasteiger partial charge is 0.411 e. The van der Waals surface area contributed by atoms with Gasteiger partial charge in [-0.25, -0.2) is 9.78 Å². The zero-order chi connectivity index (χ0) is 28.0. The van der Waals surface area contributed by atoms with Crippen LogP contribution in [0.4, 0.5) is 10.5 Å². The number of hydrogen-bond donors (Lipinski definition) is 2. The number of benzene rings is 2. The molecule has 4 heterocycles. The van der Waals surface area contributed by atoms with Crippen molar-refractivity contribution in [1.29, 1.82) is 0 Å². The van der Waals surface area contributed by atoms with E-state index in [1.165, 1.54) is 13.4 Å². The zero-order valence-corrected chi connectivity index (χ0v) is 22.5. The number of rotatable bonds is 6. The number of aryl methyl sites for hydroxylation is 2. The molecule has 1 amide bonds. The van der Waals surface area contributed by atoms with Crippen LogP contribution in [0.15, 0.2) is 65.7 Å². The fourth-order valence-corrected chi connectivity index (χ4v) is 5.44. The highest BCUT2D eigenvalue weighted by atomic mass is 35.5. The predicted octanol–water partition coefficient (Wildman–Crippen LogP) is 4.75. The second-order valence-corrected chi connectivity index (χ2v) is 10.0. The largest absolute Gasteiger partial charge is 0.465 e. The normalized spacial score (nSPS) is 14.3. The quantitative estimate of drug-likeness (QED) is 0.308. The molecule has 40 heavy (non-hydrogen) atoms. The van der Waals surface area contributed by atoms with Gasteiger partial charge in [0.25, 0.3) is 5.56 Å². The first-order chi connectivity index (χ1) is 19.3. The Morgan fingerprint density at radius 2 is 1.95 bits per heavy atom. The van der Waals surface area contributed by atoms with Crippen molar-refractivity contribution in [2.45, 2.75) is 32.2 Å². The van der Waals surface area contributed by atoms with Crippen molar-refractivity contribution >= 4 is 23.4 Å². The van der Waals surface area contributed by atoms with Crippen LogP contribution in [0.1, 0.15) is 36.6 Å². The molecule has 0 bridgehead atoms. The van der Waals surface area contributed by atoms with E-state index in [1.54, 1.807) is 33.5 Å². The molecule has 1 aliphatic rings. The molecule has 0 radical (unpaired) electrons. The third-order valence-corrected chi connectivity index (χ3v) is 7.51. The number of anilines is 1. The van der Waals surface area contributed by atoms with Gasteiger partial charge in [0.15, 0.2) is 0 Å². The topological polar surface area (TPSA) is 135 Å². The predicted molar refractivity (Wildman–Crippen MR) is 150 cm³/mol. The molecule has 6 rings (SSSR count). The summed E-state index contributed by atoms with van der Waals surface area (Å²) >= 11 is 6.32. The van der Waals surface area contributed by atoms with Gasteiger partial charge < -0.3 is 14.7 Å². The van der Waals surface area contributed by atoms with Crippen molar-refractivity contribution < 1.29 is 9.90 Å². The number of carboxylic acid groups (broad SMARTS) is 1. The average Bonchev–Trinajstić information content (AvgIpc) is 3.72. The van der Waals surface area contributed by atoms with Gasteiger partial charge in [-0.3, -0.25) is 9.69 Å². The van der Waals surface area contributed by atoms with E-state index in [4.69, 9.17) is 16.6 Å². The number of nitrogens with zero attached hydrogens (tertiary/aromatic N) is 7. The molecule has 0 aliphatic carbocycles. The average molecular weight is 557 g/mol.